The number of likely N-dealkylation sites (tertiary alicyclic amines) is 2. The summed E-state index contributed by atoms with van der Waals surface area (Å²) < 4.78 is 17.9. The molecule has 5 amide bonds. The number of rotatable bonds is 11. The van der Waals surface area contributed by atoms with Gasteiger partial charge in [-0.25, -0.2) is 14.4 Å². The number of piperazine rings is 1. The molecule has 0 radical (unpaired) electrons. The van der Waals surface area contributed by atoms with Crippen LogP contribution in [0.15, 0.2) is 45.6 Å². The van der Waals surface area contributed by atoms with Crippen molar-refractivity contribution >= 4 is 46.7 Å². The third-order valence-corrected chi connectivity index (χ3v) is 12.7. The Hall–Kier alpha value is -5.42. The minimum absolute atomic E-state index is 0. The van der Waals surface area contributed by atoms with E-state index in [0.717, 1.165) is 67.8 Å². The summed E-state index contributed by atoms with van der Waals surface area (Å²) in [5.41, 5.74) is 4.72. The van der Waals surface area contributed by atoms with E-state index in [9.17, 15) is 28.8 Å². The van der Waals surface area contributed by atoms with Crippen molar-refractivity contribution in [2.45, 2.75) is 84.8 Å². The fourth-order valence-electron chi connectivity index (χ4n) is 8.66. The van der Waals surface area contributed by atoms with Crippen molar-refractivity contribution < 1.29 is 37.9 Å². The molecular weight excluding hydrogens is 821 g/mol. The number of esters is 1. The minimum atomic E-state index is -1.00. The van der Waals surface area contributed by atoms with Crippen LogP contribution in [0.2, 0.25) is 0 Å². The number of ether oxygens (including phenoxy) is 2. The standard InChI is InChI=1S/C33H41N5O6.C13H25N3O3.CH4/c1-21-8-13-36(14-9-21)30(39)28(20-23-18-22(2)29-27(19-23)43-32(41)35(29)3)44-33(42)37-15-11-25(12-16-37)38-17-10-24-6-4-5-7-26(24)34-31(38)40;1-14(2)10-11-19-13(18)5-4-12(17)16-8-6-15(3)7-9-16;/h4-7,18-19,21,25,28H,8-17,20H2,1-3H3,(H,34,40);4-11H2,1-3H3;1H4/t28-;;/m1../s1. The highest BCUT2D eigenvalue weighted by Crippen LogP contribution is 2.27. The molecule has 3 saturated heterocycles. The van der Waals surface area contributed by atoms with Crippen molar-refractivity contribution in [1.82, 2.24) is 34.0 Å². The van der Waals surface area contributed by atoms with Crippen LogP contribution in [0.5, 0.6) is 0 Å². The number of hydrogen-bond acceptors (Lipinski definition) is 11. The monoisotopic (exact) mass is 891 g/mol. The first-order valence-corrected chi connectivity index (χ1v) is 22.4. The van der Waals surface area contributed by atoms with Crippen molar-refractivity contribution in [3.05, 3.63) is 63.6 Å². The number of carbonyl (C=O) groups is 5. The Morgan fingerprint density at radius 3 is 2.22 bits per heavy atom. The molecule has 4 aliphatic heterocycles. The summed E-state index contributed by atoms with van der Waals surface area (Å²) in [5, 5.41) is 3.03. The van der Waals surface area contributed by atoms with E-state index in [1.54, 1.807) is 22.9 Å². The largest absolute Gasteiger partial charge is 0.464 e. The fourth-order valence-corrected chi connectivity index (χ4v) is 8.66. The number of para-hydroxylation sites is 1. The number of nitrogens with zero attached hydrogens (tertiary/aromatic N) is 7. The second-order valence-electron chi connectivity index (χ2n) is 17.7. The Kier molecular flexibility index (Phi) is 17.8. The molecule has 1 atom stereocenters. The number of urea groups is 1. The van der Waals surface area contributed by atoms with Crippen molar-refractivity contribution in [2.24, 2.45) is 13.0 Å². The Morgan fingerprint density at radius 2 is 1.53 bits per heavy atom. The maximum atomic E-state index is 13.8. The van der Waals surface area contributed by atoms with Gasteiger partial charge in [-0.05, 0) is 94.9 Å². The lowest BCUT2D eigenvalue weighted by Gasteiger charge is -2.38. The summed E-state index contributed by atoms with van der Waals surface area (Å²) in [5.74, 6) is -0.338. The van der Waals surface area contributed by atoms with Crippen LogP contribution in [0.3, 0.4) is 0 Å². The molecule has 7 rings (SSSR count). The van der Waals surface area contributed by atoms with Crippen LogP contribution in [0.4, 0.5) is 15.3 Å². The van der Waals surface area contributed by atoms with E-state index in [0.29, 0.717) is 75.7 Å². The van der Waals surface area contributed by atoms with Gasteiger partial charge in [-0.2, -0.15) is 0 Å². The predicted octanol–water partition coefficient (Wildman–Crippen LogP) is 4.58. The molecule has 0 unspecified atom stereocenters. The summed E-state index contributed by atoms with van der Waals surface area (Å²) in [4.78, 5) is 87.0. The topological polar surface area (TPSA) is 170 Å². The van der Waals surface area contributed by atoms with Crippen molar-refractivity contribution in [3.63, 3.8) is 0 Å². The second-order valence-corrected chi connectivity index (χ2v) is 17.7. The lowest BCUT2D eigenvalue weighted by atomic mass is 9.98. The smallest absolute Gasteiger partial charge is 0.419 e. The third kappa shape index (κ3) is 13.1. The number of nitrogens with one attached hydrogen (secondary N) is 1. The Morgan fingerprint density at radius 1 is 0.859 bits per heavy atom. The highest BCUT2D eigenvalue weighted by Gasteiger charge is 2.35. The molecule has 0 bridgehead atoms. The maximum absolute atomic E-state index is 13.8. The first-order valence-electron chi connectivity index (χ1n) is 22.4. The van der Waals surface area contributed by atoms with E-state index in [1.165, 1.54) is 4.57 Å². The number of carbonyl (C=O) groups excluding carboxylic acids is 5. The van der Waals surface area contributed by atoms with E-state index in [4.69, 9.17) is 13.9 Å². The Bertz CT molecular complexity index is 2130. The molecule has 1 aromatic heterocycles. The Labute approximate surface area is 377 Å². The molecule has 0 spiro atoms. The zero-order chi connectivity index (χ0) is 45.2. The van der Waals surface area contributed by atoms with Gasteiger partial charge >= 0.3 is 23.8 Å². The quantitative estimate of drug-likeness (QED) is 0.268. The molecule has 1 N–H and O–H groups in total. The number of fused-ring (bicyclic) bond motifs is 2. The van der Waals surface area contributed by atoms with Crippen molar-refractivity contribution in [2.75, 3.05) is 98.5 Å². The first kappa shape index (κ1) is 49.6. The van der Waals surface area contributed by atoms with Crippen LogP contribution in [-0.4, -0.2) is 169 Å². The van der Waals surface area contributed by atoms with Crippen LogP contribution in [0, 0.1) is 12.8 Å². The van der Waals surface area contributed by atoms with Gasteiger partial charge in [0.15, 0.2) is 11.7 Å². The normalized spacial score (nSPS) is 18.0. The number of amides is 5. The highest BCUT2D eigenvalue weighted by molar-refractivity contribution is 5.91. The van der Waals surface area contributed by atoms with Gasteiger partial charge in [0.1, 0.15) is 6.61 Å². The molecule has 2 aromatic carbocycles. The van der Waals surface area contributed by atoms with E-state index in [1.807, 2.05) is 73.1 Å². The van der Waals surface area contributed by atoms with Crippen molar-refractivity contribution in [1.29, 1.82) is 0 Å². The van der Waals surface area contributed by atoms with Gasteiger partial charge in [-0.3, -0.25) is 19.0 Å². The zero-order valence-electron chi connectivity index (χ0n) is 37.9. The van der Waals surface area contributed by atoms with Crippen LogP contribution < -0.4 is 11.1 Å². The average Bonchev–Trinajstić information content (AvgIpc) is 3.44. The van der Waals surface area contributed by atoms with E-state index < -0.39 is 18.0 Å². The number of piperidine rings is 2. The molecule has 3 aromatic rings. The lowest BCUT2D eigenvalue weighted by molar-refractivity contribution is -0.146. The predicted molar refractivity (Wildman–Crippen MR) is 245 cm³/mol. The number of hydrogen-bond donors (Lipinski definition) is 1. The van der Waals surface area contributed by atoms with E-state index in [2.05, 4.69) is 17.1 Å². The number of benzene rings is 2. The van der Waals surface area contributed by atoms with Gasteiger partial charge in [0.05, 0.1) is 11.9 Å². The SMILES string of the molecule is C.CN(C)CCOC(=O)CCC(=O)N1CCN(C)CC1.Cc1cc(C[C@@H](OC(=O)N2CCC(N3CCc4ccccc4NC3=O)CC2)C(=O)N2CCC(C)CC2)cc2oc(=O)n(C)c12. The van der Waals surface area contributed by atoms with Gasteiger partial charge in [-0.15, -0.1) is 0 Å². The summed E-state index contributed by atoms with van der Waals surface area (Å²) in [6, 6.07) is 11.4. The fraction of sp³-hybridized carbons (Fsp3) is 0.617. The molecule has 3 fully saturated rings. The average molecular weight is 891 g/mol. The molecule has 4 aliphatic rings. The first-order chi connectivity index (χ1) is 30.2. The molecule has 5 heterocycles. The van der Waals surface area contributed by atoms with Crippen LogP contribution in [-0.2, 0) is 43.7 Å². The summed E-state index contributed by atoms with van der Waals surface area (Å²) in [6.07, 6.45) is 2.94. The maximum Gasteiger partial charge on any atom is 0.419 e. The highest BCUT2D eigenvalue weighted by atomic mass is 16.6. The summed E-state index contributed by atoms with van der Waals surface area (Å²) in [6.45, 7) is 11.2. The third-order valence-electron chi connectivity index (χ3n) is 12.7. The second kappa shape index (κ2) is 23.0. The van der Waals surface area contributed by atoms with E-state index >= 15 is 0 Å². The van der Waals surface area contributed by atoms with Gasteiger partial charge in [0.25, 0.3) is 5.91 Å². The number of oxazole rings is 1. The molecule has 352 valence electrons. The molecule has 17 heteroatoms. The lowest BCUT2D eigenvalue weighted by Crippen LogP contribution is -2.51. The molecule has 0 saturated carbocycles. The van der Waals surface area contributed by atoms with Crippen LogP contribution in [0.1, 0.15) is 69.6 Å². The zero-order valence-corrected chi connectivity index (χ0v) is 37.9. The number of aromatic nitrogens is 1. The molecule has 17 nitrogen and oxygen atoms in total. The van der Waals surface area contributed by atoms with Gasteiger partial charge in [0.2, 0.25) is 5.91 Å². The molecular formula is C47H70N8O9. The van der Waals surface area contributed by atoms with Crippen LogP contribution in [0.25, 0.3) is 11.1 Å². The van der Waals surface area contributed by atoms with Gasteiger partial charge in [0, 0.05) is 97.1 Å². The minimum Gasteiger partial charge on any atom is -0.464 e. The van der Waals surface area contributed by atoms with E-state index in [-0.39, 0.29) is 56.5 Å². The summed E-state index contributed by atoms with van der Waals surface area (Å²) >= 11 is 0. The Balaban J connectivity index is 0.000000326. The molecule has 0 aliphatic carbocycles. The van der Waals surface area contributed by atoms with Crippen molar-refractivity contribution in [3.8, 4) is 0 Å². The van der Waals surface area contributed by atoms with Crippen LogP contribution >= 0.6 is 0 Å². The van der Waals surface area contributed by atoms with Gasteiger partial charge in [-0.1, -0.05) is 38.6 Å². The number of anilines is 1. The number of aryl methyl sites for hydroxylation is 2. The van der Waals surface area contributed by atoms with Gasteiger partial charge < -0.3 is 48.6 Å². The number of likely N-dealkylation sites (N-methyl/N-ethyl adjacent to an activating group) is 2. The summed E-state index contributed by atoms with van der Waals surface area (Å²) in [7, 11) is 7.55. The molecule has 64 heavy (non-hydrogen) atoms.